The minimum atomic E-state index is -3.80. The fourth-order valence-corrected chi connectivity index (χ4v) is 4.47. The lowest BCUT2D eigenvalue weighted by atomic mass is 10.1. The molecule has 1 aliphatic rings. The summed E-state index contributed by atoms with van der Waals surface area (Å²) in [5.74, 6) is 1.03. The zero-order chi connectivity index (χ0) is 22.7. The molecule has 168 valence electrons. The molecule has 0 unspecified atom stereocenters. The van der Waals surface area contributed by atoms with Gasteiger partial charge in [0.05, 0.1) is 10.9 Å². The minimum Gasteiger partial charge on any atom is -0.486 e. The highest BCUT2D eigenvalue weighted by atomic mass is 32.2. The average Bonchev–Trinajstić information content (AvgIpc) is 2.78. The van der Waals surface area contributed by atoms with E-state index in [0.29, 0.717) is 35.6 Å². The van der Waals surface area contributed by atoms with E-state index in [0.717, 1.165) is 5.56 Å². The maximum Gasteiger partial charge on any atom is 0.248 e. The molecule has 2 heterocycles. The number of aromatic nitrogens is 1. The van der Waals surface area contributed by atoms with Crippen molar-refractivity contribution in [3.63, 3.8) is 0 Å². The molecule has 9 nitrogen and oxygen atoms in total. The highest BCUT2D eigenvalue weighted by Crippen LogP contribution is 2.32. The predicted molar refractivity (Wildman–Crippen MR) is 118 cm³/mol. The van der Waals surface area contributed by atoms with E-state index in [1.807, 2.05) is 19.1 Å². The largest absolute Gasteiger partial charge is 0.486 e. The minimum absolute atomic E-state index is 0.0188. The van der Waals surface area contributed by atoms with Crippen molar-refractivity contribution in [2.24, 2.45) is 0 Å². The third kappa shape index (κ3) is 4.92. The Labute approximate surface area is 184 Å². The predicted octanol–water partition coefficient (Wildman–Crippen LogP) is 1.85. The van der Waals surface area contributed by atoms with E-state index in [4.69, 9.17) is 9.47 Å². The summed E-state index contributed by atoms with van der Waals surface area (Å²) < 4.78 is 38.6. The molecule has 2 aromatic carbocycles. The number of carbonyl (C=O) groups is 1. The van der Waals surface area contributed by atoms with Crippen LogP contribution in [-0.4, -0.2) is 39.1 Å². The van der Waals surface area contributed by atoms with Gasteiger partial charge in [-0.2, -0.15) is 0 Å². The zero-order valence-electron chi connectivity index (χ0n) is 17.4. The van der Waals surface area contributed by atoms with Crippen LogP contribution < -0.4 is 25.1 Å². The second kappa shape index (κ2) is 9.01. The Kier molecular flexibility index (Phi) is 6.15. The summed E-state index contributed by atoms with van der Waals surface area (Å²) in [6, 6.07) is 12.5. The van der Waals surface area contributed by atoms with E-state index in [9.17, 15) is 18.0 Å². The van der Waals surface area contributed by atoms with Crippen LogP contribution in [-0.2, 0) is 14.8 Å². The molecule has 0 fully saturated rings. The van der Waals surface area contributed by atoms with Crippen LogP contribution in [0.4, 0.5) is 0 Å². The molecule has 3 aromatic rings. The van der Waals surface area contributed by atoms with Gasteiger partial charge in [-0.1, -0.05) is 6.07 Å². The number of carbonyl (C=O) groups excluding carboxylic acids is 1. The number of nitrogens with one attached hydrogen (secondary N) is 3. The van der Waals surface area contributed by atoms with Crippen molar-refractivity contribution < 1.29 is 22.7 Å². The lowest BCUT2D eigenvalue weighted by Gasteiger charge is -2.21. The summed E-state index contributed by atoms with van der Waals surface area (Å²) in [5.41, 5.74) is 1.14. The molecule has 32 heavy (non-hydrogen) atoms. The fraction of sp³-hybridized carbons (Fsp3) is 0.273. The van der Waals surface area contributed by atoms with Crippen molar-refractivity contribution in [3.05, 3.63) is 64.4 Å². The number of ether oxygens (including phenoxy) is 2. The first kappa shape index (κ1) is 21.8. The van der Waals surface area contributed by atoms with Gasteiger partial charge in [0.1, 0.15) is 13.2 Å². The van der Waals surface area contributed by atoms with E-state index in [-0.39, 0.29) is 35.4 Å². The molecule has 4 rings (SSSR count). The molecule has 0 saturated carbocycles. The van der Waals surface area contributed by atoms with Gasteiger partial charge in [-0.15, -0.1) is 0 Å². The molecule has 0 aliphatic carbocycles. The SMILES string of the molecule is C[C@H](NC(=O)CCNS(=O)(=O)c1ccc2[nH]c(=O)ccc2c1)c1ccc2c(c1)OCCO2. The van der Waals surface area contributed by atoms with E-state index >= 15 is 0 Å². The van der Waals surface area contributed by atoms with E-state index < -0.39 is 10.0 Å². The van der Waals surface area contributed by atoms with Crippen molar-refractivity contribution in [1.29, 1.82) is 0 Å². The van der Waals surface area contributed by atoms with Crippen molar-refractivity contribution in [2.75, 3.05) is 19.8 Å². The van der Waals surface area contributed by atoms with Crippen molar-refractivity contribution >= 4 is 26.8 Å². The Morgan fingerprint density at radius 2 is 1.84 bits per heavy atom. The Balaban J connectivity index is 1.33. The Bertz CT molecular complexity index is 1320. The van der Waals surface area contributed by atoms with E-state index in [1.54, 1.807) is 12.1 Å². The van der Waals surface area contributed by atoms with Gasteiger partial charge >= 0.3 is 0 Å². The second-order valence-electron chi connectivity index (χ2n) is 7.41. The molecule has 0 spiro atoms. The number of H-pyrrole nitrogens is 1. The number of pyridine rings is 1. The lowest BCUT2D eigenvalue weighted by molar-refractivity contribution is -0.121. The maximum atomic E-state index is 12.6. The molecule has 1 aromatic heterocycles. The first-order valence-corrected chi connectivity index (χ1v) is 11.6. The number of rotatable bonds is 7. The monoisotopic (exact) mass is 457 g/mol. The van der Waals surface area contributed by atoms with Crippen LogP contribution in [0.2, 0.25) is 0 Å². The molecule has 10 heteroatoms. The van der Waals surface area contributed by atoms with Crippen LogP contribution in [0, 0.1) is 0 Å². The first-order valence-electron chi connectivity index (χ1n) is 10.1. The molecular formula is C22H23N3O6S. The summed E-state index contributed by atoms with van der Waals surface area (Å²) in [6.45, 7) is 2.78. The van der Waals surface area contributed by atoms with Gasteiger partial charge in [0.2, 0.25) is 21.5 Å². The summed E-state index contributed by atoms with van der Waals surface area (Å²) in [6.07, 6.45) is -0.0188. The third-order valence-corrected chi connectivity index (χ3v) is 6.55. The maximum absolute atomic E-state index is 12.6. The summed E-state index contributed by atoms with van der Waals surface area (Å²) in [5, 5.41) is 3.45. The van der Waals surface area contributed by atoms with Crippen LogP contribution >= 0.6 is 0 Å². The van der Waals surface area contributed by atoms with Crippen LogP contribution in [0.5, 0.6) is 11.5 Å². The smallest absolute Gasteiger partial charge is 0.248 e. The highest BCUT2D eigenvalue weighted by Gasteiger charge is 2.18. The van der Waals surface area contributed by atoms with Gasteiger partial charge < -0.3 is 19.8 Å². The van der Waals surface area contributed by atoms with Crippen LogP contribution in [0.25, 0.3) is 10.9 Å². The topological polar surface area (TPSA) is 127 Å². The molecule has 0 bridgehead atoms. The molecule has 0 saturated heterocycles. The number of aromatic amines is 1. The first-order chi connectivity index (χ1) is 15.3. The standard InChI is InChI=1S/C22H23N3O6S/c1-14(15-2-6-19-20(13-15)31-11-10-30-19)24-22(27)8-9-23-32(28,29)17-4-5-18-16(12-17)3-7-21(26)25-18/h2-7,12-14,23H,8-11H2,1H3,(H,24,27)(H,25,26)/t14-/m0/s1. The number of hydrogen-bond donors (Lipinski definition) is 3. The van der Waals surface area contributed by atoms with Crippen molar-refractivity contribution in [1.82, 2.24) is 15.0 Å². The van der Waals surface area contributed by atoms with Gasteiger partial charge in [-0.25, -0.2) is 13.1 Å². The highest BCUT2D eigenvalue weighted by molar-refractivity contribution is 7.89. The van der Waals surface area contributed by atoms with Crippen molar-refractivity contribution in [2.45, 2.75) is 24.3 Å². The summed E-state index contributed by atoms with van der Waals surface area (Å²) in [4.78, 5) is 26.4. The quantitative estimate of drug-likeness (QED) is 0.497. The van der Waals surface area contributed by atoms with E-state index in [2.05, 4.69) is 15.0 Å². The Hall–Kier alpha value is -3.37. The van der Waals surface area contributed by atoms with E-state index in [1.165, 1.54) is 24.3 Å². The number of hydrogen-bond acceptors (Lipinski definition) is 6. The lowest BCUT2D eigenvalue weighted by Crippen LogP contribution is -2.32. The molecule has 1 aliphatic heterocycles. The molecular weight excluding hydrogens is 434 g/mol. The third-order valence-electron chi connectivity index (χ3n) is 5.09. The summed E-state index contributed by atoms with van der Waals surface area (Å²) in [7, 11) is -3.80. The van der Waals surface area contributed by atoms with Crippen LogP contribution in [0.1, 0.15) is 24.9 Å². The van der Waals surface area contributed by atoms with Gasteiger partial charge in [-0.3, -0.25) is 9.59 Å². The Morgan fingerprint density at radius 3 is 2.66 bits per heavy atom. The molecule has 1 amide bonds. The summed E-state index contributed by atoms with van der Waals surface area (Å²) >= 11 is 0. The zero-order valence-corrected chi connectivity index (χ0v) is 18.2. The van der Waals surface area contributed by atoms with Gasteiger partial charge in [0.25, 0.3) is 0 Å². The number of sulfonamides is 1. The van der Waals surface area contributed by atoms with Gasteiger partial charge in [0.15, 0.2) is 11.5 Å². The normalized spacial score (nSPS) is 14.2. The molecule has 1 atom stereocenters. The fourth-order valence-electron chi connectivity index (χ4n) is 3.41. The van der Waals surface area contributed by atoms with Gasteiger partial charge in [-0.05, 0) is 54.3 Å². The number of fused-ring (bicyclic) bond motifs is 2. The Morgan fingerprint density at radius 1 is 1.06 bits per heavy atom. The van der Waals surface area contributed by atoms with Crippen molar-refractivity contribution in [3.8, 4) is 11.5 Å². The molecule has 0 radical (unpaired) electrons. The van der Waals surface area contributed by atoms with Crippen LogP contribution in [0.3, 0.4) is 0 Å². The average molecular weight is 458 g/mol. The van der Waals surface area contributed by atoms with Gasteiger partial charge in [0, 0.05) is 24.5 Å². The molecule has 3 N–H and O–H groups in total. The number of amides is 1. The van der Waals surface area contributed by atoms with Crippen LogP contribution in [0.15, 0.2) is 58.2 Å². The second-order valence-corrected chi connectivity index (χ2v) is 9.18. The number of benzene rings is 2.